The van der Waals surface area contributed by atoms with Crippen molar-refractivity contribution in [3.63, 3.8) is 0 Å². The minimum Gasteiger partial charge on any atom is -0.453 e. The van der Waals surface area contributed by atoms with Gasteiger partial charge >= 0.3 is 0 Å². The monoisotopic (exact) mass is 285 g/mol. The molecule has 1 heterocycles. The fourth-order valence-electron chi connectivity index (χ4n) is 1.99. The molecule has 1 aliphatic rings. The lowest BCUT2D eigenvalue weighted by atomic mass is 10.1. The highest BCUT2D eigenvalue weighted by atomic mass is 79.9. The van der Waals surface area contributed by atoms with E-state index in [0.717, 1.165) is 22.9 Å². The Balaban J connectivity index is 1.89. The van der Waals surface area contributed by atoms with E-state index >= 15 is 0 Å². The third kappa shape index (κ3) is 3.63. The topological polar surface area (TPSA) is 25.2 Å². The Bertz CT molecular complexity index is 319. The average molecular weight is 286 g/mol. The summed E-state index contributed by atoms with van der Waals surface area (Å²) in [5.41, 5.74) is 0. The fourth-order valence-corrected chi connectivity index (χ4v) is 2.31. The molecule has 90 valence electrons. The molecule has 0 saturated heterocycles. The zero-order chi connectivity index (χ0) is 11.4. The van der Waals surface area contributed by atoms with Gasteiger partial charge in [0, 0.05) is 0 Å². The van der Waals surface area contributed by atoms with Gasteiger partial charge in [-0.25, -0.2) is 0 Å². The van der Waals surface area contributed by atoms with Crippen LogP contribution in [0, 0.1) is 5.92 Å². The maximum atomic E-state index is 5.65. The Hall–Kier alpha value is -0.280. The van der Waals surface area contributed by atoms with Crippen LogP contribution in [0.1, 0.15) is 50.8 Å². The Morgan fingerprint density at radius 2 is 2.31 bits per heavy atom. The normalized spacial score (nSPS) is 17.6. The van der Waals surface area contributed by atoms with Crippen LogP contribution in [-0.4, -0.2) is 6.54 Å². The molecule has 0 aliphatic heterocycles. The second-order valence-electron chi connectivity index (χ2n) is 4.67. The van der Waals surface area contributed by atoms with Crippen molar-refractivity contribution < 1.29 is 4.42 Å². The molecule has 1 aromatic heterocycles. The van der Waals surface area contributed by atoms with E-state index in [9.17, 15) is 0 Å². The van der Waals surface area contributed by atoms with E-state index in [1.807, 2.05) is 6.07 Å². The van der Waals surface area contributed by atoms with Gasteiger partial charge in [-0.05, 0) is 59.8 Å². The molecule has 2 rings (SSSR count). The van der Waals surface area contributed by atoms with Gasteiger partial charge in [0.05, 0.1) is 6.04 Å². The quantitative estimate of drug-likeness (QED) is 0.809. The SMILES string of the molecule is CCCNC(CCC1CC1)c1ccc(Br)o1. The summed E-state index contributed by atoms with van der Waals surface area (Å²) in [6.07, 6.45) is 6.57. The van der Waals surface area contributed by atoms with Crippen molar-refractivity contribution in [2.75, 3.05) is 6.54 Å². The number of furan rings is 1. The van der Waals surface area contributed by atoms with Crippen LogP contribution in [0.25, 0.3) is 0 Å². The van der Waals surface area contributed by atoms with Gasteiger partial charge < -0.3 is 9.73 Å². The number of halogens is 1. The fraction of sp³-hybridized carbons (Fsp3) is 0.692. The molecule has 1 atom stereocenters. The second kappa shape index (κ2) is 5.87. The van der Waals surface area contributed by atoms with E-state index < -0.39 is 0 Å². The van der Waals surface area contributed by atoms with Gasteiger partial charge in [0.2, 0.25) is 0 Å². The molecular weight excluding hydrogens is 266 g/mol. The lowest BCUT2D eigenvalue weighted by Gasteiger charge is -2.15. The summed E-state index contributed by atoms with van der Waals surface area (Å²) < 4.78 is 6.48. The van der Waals surface area contributed by atoms with Crippen LogP contribution < -0.4 is 5.32 Å². The summed E-state index contributed by atoms with van der Waals surface area (Å²) in [4.78, 5) is 0. The number of hydrogen-bond acceptors (Lipinski definition) is 2. The van der Waals surface area contributed by atoms with E-state index in [1.54, 1.807) is 0 Å². The summed E-state index contributed by atoms with van der Waals surface area (Å²) in [5, 5.41) is 3.57. The van der Waals surface area contributed by atoms with Crippen LogP contribution in [0.2, 0.25) is 0 Å². The smallest absolute Gasteiger partial charge is 0.169 e. The Morgan fingerprint density at radius 1 is 1.50 bits per heavy atom. The van der Waals surface area contributed by atoms with Crippen molar-refractivity contribution in [3.8, 4) is 0 Å². The number of nitrogens with one attached hydrogen (secondary N) is 1. The summed E-state index contributed by atoms with van der Waals surface area (Å²) in [7, 11) is 0. The molecule has 0 bridgehead atoms. The van der Waals surface area contributed by atoms with Gasteiger partial charge in [-0.1, -0.05) is 19.8 Å². The van der Waals surface area contributed by atoms with Crippen LogP contribution >= 0.6 is 15.9 Å². The molecule has 0 aromatic carbocycles. The molecule has 1 N–H and O–H groups in total. The molecule has 1 aromatic rings. The predicted molar refractivity (Wildman–Crippen MR) is 69.4 cm³/mol. The van der Waals surface area contributed by atoms with Crippen LogP contribution in [0.15, 0.2) is 21.2 Å². The molecule has 3 heteroatoms. The minimum absolute atomic E-state index is 0.395. The van der Waals surface area contributed by atoms with Crippen LogP contribution in [0.5, 0.6) is 0 Å². The van der Waals surface area contributed by atoms with Crippen molar-refractivity contribution in [2.24, 2.45) is 5.92 Å². The zero-order valence-corrected chi connectivity index (χ0v) is 11.4. The van der Waals surface area contributed by atoms with Crippen LogP contribution in [0.3, 0.4) is 0 Å². The van der Waals surface area contributed by atoms with Gasteiger partial charge in [0.25, 0.3) is 0 Å². The molecule has 16 heavy (non-hydrogen) atoms. The van der Waals surface area contributed by atoms with Gasteiger partial charge in [0.1, 0.15) is 5.76 Å². The third-order valence-corrected chi connectivity index (χ3v) is 3.56. The van der Waals surface area contributed by atoms with Crippen molar-refractivity contribution in [1.82, 2.24) is 5.32 Å². The third-order valence-electron chi connectivity index (χ3n) is 3.14. The Labute approximate surface area is 106 Å². The lowest BCUT2D eigenvalue weighted by molar-refractivity contribution is 0.375. The van der Waals surface area contributed by atoms with Crippen molar-refractivity contribution in [3.05, 3.63) is 22.6 Å². The first-order valence-corrected chi connectivity index (χ1v) is 7.07. The number of hydrogen-bond donors (Lipinski definition) is 1. The minimum atomic E-state index is 0.395. The zero-order valence-electron chi connectivity index (χ0n) is 9.84. The highest BCUT2D eigenvalue weighted by molar-refractivity contribution is 9.10. The summed E-state index contributed by atoms with van der Waals surface area (Å²) in [6.45, 7) is 3.26. The molecular formula is C13H20BrNO. The molecule has 1 unspecified atom stereocenters. The molecule has 1 aliphatic carbocycles. The van der Waals surface area contributed by atoms with Crippen LogP contribution in [-0.2, 0) is 0 Å². The van der Waals surface area contributed by atoms with E-state index in [2.05, 4.69) is 34.2 Å². The maximum Gasteiger partial charge on any atom is 0.169 e. The van der Waals surface area contributed by atoms with E-state index in [1.165, 1.54) is 32.1 Å². The van der Waals surface area contributed by atoms with Gasteiger partial charge in [-0.15, -0.1) is 0 Å². The van der Waals surface area contributed by atoms with Gasteiger partial charge in [0.15, 0.2) is 4.67 Å². The van der Waals surface area contributed by atoms with Crippen molar-refractivity contribution in [2.45, 2.75) is 45.1 Å². The second-order valence-corrected chi connectivity index (χ2v) is 5.45. The summed E-state index contributed by atoms with van der Waals surface area (Å²) in [6, 6.07) is 4.45. The average Bonchev–Trinajstić information content (AvgIpc) is 3.01. The summed E-state index contributed by atoms with van der Waals surface area (Å²) >= 11 is 3.37. The van der Waals surface area contributed by atoms with Gasteiger partial charge in [-0.3, -0.25) is 0 Å². The molecule has 0 amide bonds. The van der Waals surface area contributed by atoms with E-state index in [-0.39, 0.29) is 0 Å². The first-order chi connectivity index (χ1) is 7.79. The maximum absolute atomic E-state index is 5.65. The first kappa shape index (κ1) is 12.2. The number of rotatable bonds is 7. The summed E-state index contributed by atoms with van der Waals surface area (Å²) in [5.74, 6) is 2.06. The predicted octanol–water partition coefficient (Wildman–Crippen LogP) is 4.27. The van der Waals surface area contributed by atoms with Gasteiger partial charge in [-0.2, -0.15) is 0 Å². The van der Waals surface area contributed by atoms with Crippen molar-refractivity contribution >= 4 is 15.9 Å². The lowest BCUT2D eigenvalue weighted by Crippen LogP contribution is -2.21. The van der Waals surface area contributed by atoms with E-state index in [4.69, 9.17) is 4.42 Å². The standard InChI is InChI=1S/C13H20BrNO/c1-2-9-15-11(6-5-10-3-4-10)12-7-8-13(14)16-12/h7-8,10-11,15H,2-6,9H2,1H3. The Kier molecular flexibility index (Phi) is 4.47. The highest BCUT2D eigenvalue weighted by Gasteiger charge is 2.23. The van der Waals surface area contributed by atoms with Crippen LogP contribution in [0.4, 0.5) is 0 Å². The largest absolute Gasteiger partial charge is 0.453 e. The Morgan fingerprint density at radius 3 is 2.88 bits per heavy atom. The molecule has 0 spiro atoms. The molecule has 0 radical (unpaired) electrons. The van der Waals surface area contributed by atoms with E-state index in [0.29, 0.717) is 6.04 Å². The molecule has 1 saturated carbocycles. The highest BCUT2D eigenvalue weighted by Crippen LogP contribution is 2.36. The molecule has 1 fully saturated rings. The van der Waals surface area contributed by atoms with Crippen molar-refractivity contribution in [1.29, 1.82) is 0 Å². The first-order valence-electron chi connectivity index (χ1n) is 6.28. The molecule has 2 nitrogen and oxygen atoms in total.